The molecule has 0 aliphatic rings. The van der Waals surface area contributed by atoms with Gasteiger partial charge in [0.05, 0.1) is 10.0 Å². The number of rotatable bonds is 4. The summed E-state index contributed by atoms with van der Waals surface area (Å²) in [6.07, 6.45) is 3.31. The minimum atomic E-state index is 0.274. The molecule has 6 heteroatoms. The van der Waals surface area contributed by atoms with E-state index < -0.39 is 0 Å². The lowest BCUT2D eigenvalue weighted by Crippen LogP contribution is -1.87. The Morgan fingerprint density at radius 1 is 1.04 bits per heavy atom. The van der Waals surface area contributed by atoms with Crippen LogP contribution >= 0.6 is 23.2 Å². The molecule has 0 radical (unpaired) electrons. The van der Waals surface area contributed by atoms with E-state index in [4.69, 9.17) is 27.7 Å². The van der Waals surface area contributed by atoms with Gasteiger partial charge in [0.25, 0.3) is 0 Å². The van der Waals surface area contributed by atoms with Gasteiger partial charge in [0, 0.05) is 23.5 Å². The number of nitrogens with one attached hydrogen (secondary N) is 1. The van der Waals surface area contributed by atoms with E-state index in [0.717, 1.165) is 5.69 Å². The average Bonchev–Trinajstić information content (AvgIpc) is 2.98. The fourth-order valence-electron chi connectivity index (χ4n) is 2.17. The maximum atomic E-state index is 9.46. The Hall–Kier alpha value is -2.74. The number of nitrogens with zero attached hydrogens (tertiary/aromatic N) is 2. The zero-order valence-corrected chi connectivity index (χ0v) is 13.8. The van der Waals surface area contributed by atoms with Crippen LogP contribution in [0.5, 0.6) is 0 Å². The van der Waals surface area contributed by atoms with Crippen molar-refractivity contribution in [3.8, 4) is 17.3 Å². The highest BCUT2D eigenvalue weighted by atomic mass is 35.5. The van der Waals surface area contributed by atoms with Crippen LogP contribution in [0, 0.1) is 11.3 Å². The van der Waals surface area contributed by atoms with Crippen LogP contribution in [0.3, 0.4) is 0 Å². The van der Waals surface area contributed by atoms with Crippen molar-refractivity contribution in [3.05, 3.63) is 76.1 Å². The van der Waals surface area contributed by atoms with Crippen molar-refractivity contribution in [2.45, 2.75) is 0 Å². The average molecular weight is 356 g/mol. The molecule has 1 N–H and O–H groups in total. The Labute approximate surface area is 148 Å². The molecule has 0 saturated heterocycles. The molecule has 0 spiro atoms. The summed E-state index contributed by atoms with van der Waals surface area (Å²) in [5.41, 5.74) is 2.00. The topological polar surface area (TPSA) is 61.9 Å². The molecule has 24 heavy (non-hydrogen) atoms. The minimum absolute atomic E-state index is 0.274. The molecule has 3 rings (SSSR count). The number of hydrogen-bond donors (Lipinski definition) is 1. The van der Waals surface area contributed by atoms with Crippen molar-refractivity contribution in [2.75, 3.05) is 5.32 Å². The second-order valence-electron chi connectivity index (χ2n) is 4.82. The molecule has 0 amide bonds. The van der Waals surface area contributed by atoms with Crippen molar-refractivity contribution in [3.63, 3.8) is 0 Å². The van der Waals surface area contributed by atoms with Crippen molar-refractivity contribution in [1.82, 2.24) is 5.16 Å². The maximum Gasteiger partial charge on any atom is 0.179 e. The maximum absolute atomic E-state index is 9.46. The third-order valence-electron chi connectivity index (χ3n) is 3.29. The second kappa shape index (κ2) is 7.22. The molecule has 2 aromatic carbocycles. The molecule has 0 aliphatic heterocycles. The largest absolute Gasteiger partial charge is 0.362 e. The zero-order valence-electron chi connectivity index (χ0n) is 12.3. The molecule has 0 bridgehead atoms. The van der Waals surface area contributed by atoms with Gasteiger partial charge in [-0.15, -0.1) is 0 Å². The molecule has 0 atom stereocenters. The number of benzene rings is 2. The Morgan fingerprint density at radius 2 is 1.75 bits per heavy atom. The van der Waals surface area contributed by atoms with Gasteiger partial charge < -0.3 is 9.84 Å². The standard InChI is InChI=1S/C18H11Cl2N3O/c19-14-7-4-8-15(20)17(14)18-13(11-21)16(24-23-18)9-10-22-12-5-2-1-3-6-12/h1-10,22H/b10-9+. The highest BCUT2D eigenvalue weighted by Crippen LogP contribution is 2.36. The number of aromatic nitrogens is 1. The van der Waals surface area contributed by atoms with Gasteiger partial charge in [0.1, 0.15) is 17.3 Å². The Bertz CT molecular complexity index is 907. The first-order valence-electron chi connectivity index (χ1n) is 7.03. The molecule has 0 aliphatic carbocycles. The first-order chi connectivity index (χ1) is 11.7. The quantitative estimate of drug-likeness (QED) is 0.661. The molecule has 0 fully saturated rings. The van der Waals surface area contributed by atoms with Gasteiger partial charge in [-0.05, 0) is 24.3 Å². The molecule has 3 aromatic rings. The fraction of sp³-hybridized carbons (Fsp3) is 0. The van der Waals surface area contributed by atoms with Gasteiger partial charge in [-0.3, -0.25) is 0 Å². The van der Waals surface area contributed by atoms with Gasteiger partial charge in [-0.2, -0.15) is 5.26 Å². The van der Waals surface area contributed by atoms with Crippen LogP contribution in [-0.4, -0.2) is 5.16 Å². The molecular formula is C18H11Cl2N3O. The van der Waals surface area contributed by atoms with Crippen LogP contribution in [0.2, 0.25) is 10.0 Å². The van der Waals surface area contributed by atoms with Gasteiger partial charge in [-0.25, -0.2) is 0 Å². The predicted octanol–water partition coefficient (Wildman–Crippen LogP) is 5.60. The van der Waals surface area contributed by atoms with E-state index in [1.54, 1.807) is 30.5 Å². The summed E-state index contributed by atoms with van der Waals surface area (Å²) in [6.45, 7) is 0. The first kappa shape index (κ1) is 16.1. The lowest BCUT2D eigenvalue weighted by atomic mass is 10.1. The van der Waals surface area contributed by atoms with Crippen LogP contribution in [0.25, 0.3) is 17.3 Å². The van der Waals surface area contributed by atoms with Crippen LogP contribution in [0.4, 0.5) is 5.69 Å². The summed E-state index contributed by atoms with van der Waals surface area (Å²) in [5.74, 6) is 0.326. The van der Waals surface area contributed by atoms with Crippen LogP contribution in [0.15, 0.2) is 59.3 Å². The van der Waals surface area contributed by atoms with E-state index in [0.29, 0.717) is 27.1 Å². The smallest absolute Gasteiger partial charge is 0.179 e. The predicted molar refractivity (Wildman–Crippen MR) is 95.8 cm³/mol. The summed E-state index contributed by atoms with van der Waals surface area (Å²) in [5, 5.41) is 17.3. The van der Waals surface area contributed by atoms with Crippen molar-refractivity contribution < 1.29 is 4.52 Å². The minimum Gasteiger partial charge on any atom is -0.362 e. The summed E-state index contributed by atoms with van der Waals surface area (Å²) in [4.78, 5) is 0. The summed E-state index contributed by atoms with van der Waals surface area (Å²) in [6, 6.07) is 16.8. The second-order valence-corrected chi connectivity index (χ2v) is 5.64. The molecular weight excluding hydrogens is 345 g/mol. The number of para-hydroxylation sites is 1. The number of halogens is 2. The molecule has 0 saturated carbocycles. The number of hydrogen-bond acceptors (Lipinski definition) is 4. The van der Waals surface area contributed by atoms with E-state index in [-0.39, 0.29) is 5.56 Å². The summed E-state index contributed by atoms with van der Waals surface area (Å²) >= 11 is 12.4. The van der Waals surface area contributed by atoms with E-state index in [1.165, 1.54) is 0 Å². The summed E-state index contributed by atoms with van der Waals surface area (Å²) in [7, 11) is 0. The monoisotopic (exact) mass is 355 g/mol. The highest BCUT2D eigenvalue weighted by Gasteiger charge is 2.20. The fourth-order valence-corrected chi connectivity index (χ4v) is 2.74. The first-order valence-corrected chi connectivity index (χ1v) is 7.78. The van der Waals surface area contributed by atoms with Gasteiger partial charge >= 0.3 is 0 Å². The lowest BCUT2D eigenvalue weighted by molar-refractivity contribution is 0.415. The van der Waals surface area contributed by atoms with Crippen molar-refractivity contribution >= 4 is 35.0 Å². The van der Waals surface area contributed by atoms with Crippen LogP contribution < -0.4 is 5.32 Å². The van der Waals surface area contributed by atoms with E-state index in [1.807, 2.05) is 30.3 Å². The Morgan fingerprint density at radius 3 is 2.42 bits per heavy atom. The molecule has 4 nitrogen and oxygen atoms in total. The normalized spacial score (nSPS) is 10.7. The number of nitriles is 1. The van der Waals surface area contributed by atoms with Gasteiger partial charge in [0.2, 0.25) is 0 Å². The van der Waals surface area contributed by atoms with Crippen molar-refractivity contribution in [2.24, 2.45) is 0 Å². The van der Waals surface area contributed by atoms with Crippen molar-refractivity contribution in [1.29, 1.82) is 5.26 Å². The van der Waals surface area contributed by atoms with E-state index in [2.05, 4.69) is 16.5 Å². The third kappa shape index (κ3) is 3.28. The third-order valence-corrected chi connectivity index (χ3v) is 3.92. The lowest BCUT2D eigenvalue weighted by Gasteiger charge is -2.02. The highest BCUT2D eigenvalue weighted by molar-refractivity contribution is 6.39. The molecule has 1 aromatic heterocycles. The van der Waals surface area contributed by atoms with Crippen LogP contribution in [-0.2, 0) is 0 Å². The van der Waals surface area contributed by atoms with E-state index in [9.17, 15) is 5.26 Å². The molecule has 0 unspecified atom stereocenters. The van der Waals surface area contributed by atoms with E-state index >= 15 is 0 Å². The Kier molecular flexibility index (Phi) is 4.85. The molecule has 118 valence electrons. The zero-order chi connectivity index (χ0) is 16.9. The summed E-state index contributed by atoms with van der Waals surface area (Å²) < 4.78 is 5.27. The SMILES string of the molecule is N#Cc1c(-c2c(Cl)cccc2Cl)noc1/C=C/Nc1ccccc1. The molecule has 1 heterocycles. The Balaban J connectivity index is 1.92. The van der Waals surface area contributed by atoms with Gasteiger partial charge in [0.15, 0.2) is 5.76 Å². The van der Waals surface area contributed by atoms with Crippen LogP contribution in [0.1, 0.15) is 11.3 Å². The number of anilines is 1. The van der Waals surface area contributed by atoms with Gasteiger partial charge in [-0.1, -0.05) is 52.6 Å².